The Bertz CT molecular complexity index is 743. The number of hydrogen-bond donors (Lipinski definition) is 1. The molecule has 7 nitrogen and oxygen atoms in total. The lowest BCUT2D eigenvalue weighted by Gasteiger charge is -2.34. The Morgan fingerprint density at radius 2 is 1.78 bits per heavy atom. The van der Waals surface area contributed by atoms with Crippen LogP contribution in [0.5, 0.6) is 0 Å². The Morgan fingerprint density at radius 3 is 2.41 bits per heavy atom. The molecule has 2 fully saturated rings. The summed E-state index contributed by atoms with van der Waals surface area (Å²) in [5.74, 6) is -0.314. The van der Waals surface area contributed by atoms with Crippen LogP contribution in [0.4, 0.5) is 11.4 Å². The van der Waals surface area contributed by atoms with E-state index in [0.29, 0.717) is 6.54 Å². The molecule has 1 atom stereocenters. The first kappa shape index (κ1) is 20.1. The topological polar surface area (TPSA) is 73.0 Å². The quantitative estimate of drug-likeness (QED) is 0.818. The molecule has 0 aromatic heterocycles. The molecule has 2 saturated heterocycles. The lowest BCUT2D eigenvalue weighted by molar-refractivity contribution is -0.120. The van der Waals surface area contributed by atoms with Crippen LogP contribution >= 0.6 is 0 Å². The highest BCUT2D eigenvalue weighted by molar-refractivity contribution is 7.89. The van der Waals surface area contributed by atoms with Crippen molar-refractivity contribution in [3.05, 3.63) is 24.3 Å². The molecule has 3 rings (SSSR count). The molecule has 27 heavy (non-hydrogen) atoms. The van der Waals surface area contributed by atoms with Gasteiger partial charge in [0.25, 0.3) is 0 Å². The number of likely N-dealkylation sites (N-methyl/N-ethyl adjacent to an activating group) is 1. The van der Waals surface area contributed by atoms with E-state index in [1.165, 1.54) is 9.99 Å². The van der Waals surface area contributed by atoms with Crippen molar-refractivity contribution in [3.8, 4) is 0 Å². The summed E-state index contributed by atoms with van der Waals surface area (Å²) >= 11 is 0. The molecule has 0 unspecified atom stereocenters. The molecule has 1 N–H and O–H groups in total. The van der Waals surface area contributed by atoms with Crippen molar-refractivity contribution < 1.29 is 13.2 Å². The normalized spacial score (nSPS) is 22.6. The number of piperidine rings is 1. The van der Waals surface area contributed by atoms with E-state index in [2.05, 4.69) is 22.2 Å². The smallest absolute Gasteiger partial charge is 0.228 e. The number of benzene rings is 1. The van der Waals surface area contributed by atoms with Gasteiger partial charge in [-0.05, 0) is 51.1 Å². The average Bonchev–Trinajstić information content (AvgIpc) is 2.69. The minimum absolute atomic E-state index is 0.0785. The third-order valence-corrected chi connectivity index (χ3v) is 7.36. The van der Waals surface area contributed by atoms with Crippen LogP contribution < -0.4 is 10.2 Å². The molecule has 2 heterocycles. The van der Waals surface area contributed by atoms with Crippen LogP contribution in [0.1, 0.15) is 19.8 Å². The fraction of sp³-hybridized carbons (Fsp3) is 0.632. The maximum absolute atomic E-state index is 12.6. The molecule has 2 aliphatic heterocycles. The molecular weight excluding hydrogens is 364 g/mol. The summed E-state index contributed by atoms with van der Waals surface area (Å²) in [5, 5.41) is 2.95. The average molecular weight is 395 g/mol. The summed E-state index contributed by atoms with van der Waals surface area (Å²) < 4.78 is 25.6. The van der Waals surface area contributed by atoms with Crippen LogP contribution in [-0.2, 0) is 14.8 Å². The van der Waals surface area contributed by atoms with Gasteiger partial charge in [-0.3, -0.25) is 4.79 Å². The summed E-state index contributed by atoms with van der Waals surface area (Å²) in [6.07, 6.45) is 1.45. The van der Waals surface area contributed by atoms with Crippen LogP contribution in [0, 0.1) is 5.92 Å². The Kier molecular flexibility index (Phi) is 6.39. The van der Waals surface area contributed by atoms with Crippen molar-refractivity contribution in [1.29, 1.82) is 0 Å². The first-order chi connectivity index (χ1) is 12.9. The summed E-state index contributed by atoms with van der Waals surface area (Å²) in [7, 11) is -1.11. The van der Waals surface area contributed by atoms with Crippen LogP contribution in [0.25, 0.3) is 0 Å². The van der Waals surface area contributed by atoms with E-state index in [-0.39, 0.29) is 24.1 Å². The van der Waals surface area contributed by atoms with Crippen LogP contribution in [-0.4, -0.2) is 75.6 Å². The number of amides is 1. The molecule has 1 aromatic carbocycles. The first-order valence-corrected chi connectivity index (χ1v) is 11.3. The highest BCUT2D eigenvalue weighted by Crippen LogP contribution is 2.23. The highest BCUT2D eigenvalue weighted by Gasteiger charge is 2.31. The molecule has 0 bridgehead atoms. The van der Waals surface area contributed by atoms with Gasteiger partial charge in [0.2, 0.25) is 15.9 Å². The number of carbonyl (C=O) groups excluding carboxylic acids is 1. The van der Waals surface area contributed by atoms with Crippen molar-refractivity contribution in [2.75, 3.05) is 62.3 Å². The van der Waals surface area contributed by atoms with E-state index in [9.17, 15) is 13.2 Å². The monoisotopic (exact) mass is 394 g/mol. The minimum Gasteiger partial charge on any atom is -0.369 e. The number of hydrogen-bond acceptors (Lipinski definition) is 5. The van der Waals surface area contributed by atoms with Gasteiger partial charge in [-0.2, -0.15) is 0 Å². The van der Waals surface area contributed by atoms with Gasteiger partial charge in [-0.15, -0.1) is 0 Å². The van der Waals surface area contributed by atoms with Crippen molar-refractivity contribution in [3.63, 3.8) is 0 Å². The predicted octanol–water partition coefficient (Wildman–Crippen LogP) is 1.44. The largest absolute Gasteiger partial charge is 0.369 e. The third kappa shape index (κ3) is 5.00. The van der Waals surface area contributed by atoms with E-state index in [1.807, 2.05) is 24.3 Å². The summed E-state index contributed by atoms with van der Waals surface area (Å²) in [5.41, 5.74) is 1.92. The molecule has 2 aliphatic rings. The summed E-state index contributed by atoms with van der Waals surface area (Å²) in [6.45, 7) is 6.55. The van der Waals surface area contributed by atoms with E-state index in [4.69, 9.17) is 0 Å². The molecule has 1 aromatic rings. The number of piperazine rings is 1. The number of nitrogens with zero attached hydrogens (tertiary/aromatic N) is 3. The van der Waals surface area contributed by atoms with E-state index < -0.39 is 10.0 Å². The van der Waals surface area contributed by atoms with Gasteiger partial charge in [-0.1, -0.05) is 0 Å². The number of carbonyl (C=O) groups is 1. The van der Waals surface area contributed by atoms with Crippen LogP contribution in [0.15, 0.2) is 24.3 Å². The summed E-state index contributed by atoms with van der Waals surface area (Å²) in [6, 6.07) is 7.93. The van der Waals surface area contributed by atoms with E-state index >= 15 is 0 Å². The Morgan fingerprint density at radius 1 is 1.11 bits per heavy atom. The fourth-order valence-corrected chi connectivity index (χ4v) is 4.84. The molecule has 1 amide bonds. The van der Waals surface area contributed by atoms with E-state index in [0.717, 1.165) is 44.7 Å². The third-order valence-electron chi connectivity index (χ3n) is 5.52. The zero-order valence-corrected chi connectivity index (χ0v) is 17.0. The first-order valence-electron chi connectivity index (χ1n) is 9.71. The zero-order chi connectivity index (χ0) is 19.4. The lowest BCUT2D eigenvalue weighted by Crippen LogP contribution is -2.44. The standard InChI is InChI=1S/C19H30N4O3S/c1-3-27(25,26)23-10-4-5-16(15-23)19(24)20-17-6-8-18(9-7-17)22-13-11-21(2)12-14-22/h6-9,16H,3-5,10-15H2,1-2H3,(H,20,24)/t16-/m1/s1. The van der Waals surface area contributed by atoms with Crippen molar-refractivity contribution in [2.24, 2.45) is 5.92 Å². The van der Waals surface area contributed by atoms with Gasteiger partial charge in [0, 0.05) is 50.6 Å². The van der Waals surface area contributed by atoms with Crippen molar-refractivity contribution in [1.82, 2.24) is 9.21 Å². The van der Waals surface area contributed by atoms with E-state index in [1.54, 1.807) is 6.92 Å². The van der Waals surface area contributed by atoms with Gasteiger partial charge < -0.3 is 15.1 Å². The van der Waals surface area contributed by atoms with Crippen LogP contribution in [0.2, 0.25) is 0 Å². The van der Waals surface area contributed by atoms with Crippen molar-refractivity contribution >= 4 is 27.3 Å². The molecular formula is C19H30N4O3S. The maximum Gasteiger partial charge on any atom is 0.228 e. The minimum atomic E-state index is -3.24. The number of nitrogens with one attached hydrogen (secondary N) is 1. The van der Waals surface area contributed by atoms with Gasteiger partial charge in [0.1, 0.15) is 0 Å². The lowest BCUT2D eigenvalue weighted by atomic mass is 9.98. The Hall–Kier alpha value is -1.64. The number of anilines is 2. The predicted molar refractivity (Wildman–Crippen MR) is 109 cm³/mol. The van der Waals surface area contributed by atoms with Crippen LogP contribution in [0.3, 0.4) is 0 Å². The molecule has 0 aliphatic carbocycles. The number of rotatable bonds is 5. The highest BCUT2D eigenvalue weighted by atomic mass is 32.2. The van der Waals surface area contributed by atoms with Gasteiger partial charge in [-0.25, -0.2) is 12.7 Å². The summed E-state index contributed by atoms with van der Waals surface area (Å²) in [4.78, 5) is 17.3. The second kappa shape index (κ2) is 8.58. The second-order valence-electron chi connectivity index (χ2n) is 7.42. The maximum atomic E-state index is 12.6. The molecule has 0 saturated carbocycles. The molecule has 8 heteroatoms. The van der Waals surface area contributed by atoms with Crippen molar-refractivity contribution in [2.45, 2.75) is 19.8 Å². The fourth-order valence-electron chi connectivity index (χ4n) is 3.66. The molecule has 0 radical (unpaired) electrons. The van der Waals surface area contributed by atoms with Gasteiger partial charge >= 0.3 is 0 Å². The van der Waals surface area contributed by atoms with Gasteiger partial charge in [0.05, 0.1) is 11.7 Å². The van der Waals surface area contributed by atoms with Gasteiger partial charge in [0.15, 0.2) is 0 Å². The Labute approximate surface area is 162 Å². The zero-order valence-electron chi connectivity index (χ0n) is 16.2. The number of sulfonamides is 1. The SMILES string of the molecule is CCS(=O)(=O)N1CCC[C@@H](C(=O)Nc2ccc(N3CCN(C)CC3)cc2)C1. The second-order valence-corrected chi connectivity index (χ2v) is 9.68. The molecule has 150 valence electrons. The molecule has 0 spiro atoms. The Balaban J connectivity index is 1.57.